The molecule has 0 nitrogen and oxygen atoms in total. The van der Waals surface area contributed by atoms with Crippen molar-refractivity contribution in [2.45, 2.75) is 107 Å². The molecule has 0 aliphatic heterocycles. The predicted molar refractivity (Wildman–Crippen MR) is 182 cm³/mol. The molecule has 0 saturated heterocycles. The zero-order valence-corrected chi connectivity index (χ0v) is 33.1. The van der Waals surface area contributed by atoms with Crippen molar-refractivity contribution in [3.05, 3.63) is 109 Å². The first kappa shape index (κ1) is 36.9. The quantitative estimate of drug-likeness (QED) is 0.291. The SMILES string of the molecule is CCC1=[C](/[Zr+2](=[C](\C)c2ccccc2)[c]2c(C(C)(C)C)ccc3c2Cc2cc(C(C)(C)C)ccc2-3)C(C)C=C1C(C)(C)C.[Cl-].[Cl-]. The van der Waals surface area contributed by atoms with E-state index >= 15 is 0 Å². The molecule has 2 aliphatic rings. The van der Waals surface area contributed by atoms with Crippen LogP contribution in [-0.4, -0.2) is 3.21 Å². The number of hydrogen-bond acceptors (Lipinski definition) is 0. The van der Waals surface area contributed by atoms with E-state index in [4.69, 9.17) is 0 Å². The Morgan fingerprint density at radius 1 is 0.773 bits per heavy atom. The van der Waals surface area contributed by atoms with Gasteiger partial charge in [-0.25, -0.2) is 0 Å². The van der Waals surface area contributed by atoms with Crippen LogP contribution in [0.15, 0.2) is 81.2 Å². The van der Waals surface area contributed by atoms with Crippen molar-refractivity contribution in [2.24, 2.45) is 11.3 Å². The summed E-state index contributed by atoms with van der Waals surface area (Å²) >= 11 is -2.68. The second-order valence-corrected chi connectivity index (χ2v) is 22.0. The number of benzene rings is 3. The number of rotatable bonds is 4. The van der Waals surface area contributed by atoms with E-state index in [1.165, 1.54) is 27.8 Å². The fraction of sp³-hybridized carbons (Fsp3) is 0.439. The zero-order chi connectivity index (χ0) is 30.8. The normalized spacial score (nSPS) is 16.5. The third-order valence-corrected chi connectivity index (χ3v) is 17.9. The minimum Gasteiger partial charge on any atom is -1.00 e. The van der Waals surface area contributed by atoms with Crippen LogP contribution in [0.5, 0.6) is 0 Å². The van der Waals surface area contributed by atoms with E-state index in [-0.39, 0.29) is 41.1 Å². The molecule has 2 aliphatic carbocycles. The van der Waals surface area contributed by atoms with Gasteiger partial charge in [-0.1, -0.05) is 0 Å². The topological polar surface area (TPSA) is 0 Å². The van der Waals surface area contributed by atoms with Crippen LogP contribution in [-0.2, 0) is 38.5 Å². The van der Waals surface area contributed by atoms with Crippen LogP contribution >= 0.6 is 0 Å². The van der Waals surface area contributed by atoms with Crippen molar-refractivity contribution in [1.82, 2.24) is 0 Å². The molecule has 0 aromatic heterocycles. The average molecular weight is 707 g/mol. The fourth-order valence-electron chi connectivity index (χ4n) is 7.33. The summed E-state index contributed by atoms with van der Waals surface area (Å²) < 4.78 is 5.24. The first-order valence-corrected chi connectivity index (χ1v) is 19.8. The van der Waals surface area contributed by atoms with E-state index in [1.54, 1.807) is 28.8 Å². The molecule has 5 rings (SSSR count). The Kier molecular flexibility index (Phi) is 11.2. The largest absolute Gasteiger partial charge is 1.00 e. The van der Waals surface area contributed by atoms with E-state index in [2.05, 4.69) is 150 Å². The average Bonchev–Trinajstić information content (AvgIpc) is 3.45. The predicted octanol–water partition coefficient (Wildman–Crippen LogP) is 4.63. The molecule has 44 heavy (non-hydrogen) atoms. The van der Waals surface area contributed by atoms with E-state index in [0.29, 0.717) is 5.92 Å². The third kappa shape index (κ3) is 6.78. The second-order valence-electron chi connectivity index (χ2n) is 15.8. The molecule has 0 saturated carbocycles. The van der Waals surface area contributed by atoms with E-state index in [9.17, 15) is 0 Å². The maximum atomic E-state index is 2.64. The van der Waals surface area contributed by atoms with Crippen LogP contribution in [0.25, 0.3) is 11.1 Å². The number of allylic oxidation sites excluding steroid dienone is 4. The molecule has 234 valence electrons. The van der Waals surface area contributed by atoms with Gasteiger partial charge in [0, 0.05) is 0 Å². The molecule has 1 unspecified atom stereocenters. The molecule has 0 radical (unpaired) electrons. The summed E-state index contributed by atoms with van der Waals surface area (Å²) in [5, 5.41) is 0. The molecule has 3 aromatic rings. The maximum Gasteiger partial charge on any atom is -1.00 e. The summed E-state index contributed by atoms with van der Waals surface area (Å²) in [6.45, 7) is 28.9. The monoisotopic (exact) mass is 704 g/mol. The summed E-state index contributed by atoms with van der Waals surface area (Å²) in [6.07, 6.45) is 4.81. The Morgan fingerprint density at radius 2 is 1.39 bits per heavy atom. The Hall–Kier alpha value is -1.53. The van der Waals surface area contributed by atoms with E-state index in [0.717, 1.165) is 12.8 Å². The van der Waals surface area contributed by atoms with Gasteiger partial charge in [-0.2, -0.15) is 0 Å². The summed E-state index contributed by atoms with van der Waals surface area (Å²) in [5.41, 5.74) is 14.2. The number of hydrogen-bond donors (Lipinski definition) is 0. The molecule has 3 aromatic carbocycles. The van der Waals surface area contributed by atoms with Crippen molar-refractivity contribution in [1.29, 1.82) is 0 Å². The van der Waals surface area contributed by atoms with Crippen LogP contribution in [0.1, 0.15) is 117 Å². The molecule has 1 atom stereocenters. The van der Waals surface area contributed by atoms with Gasteiger partial charge in [0.2, 0.25) is 0 Å². The van der Waals surface area contributed by atoms with Crippen LogP contribution < -0.4 is 28.1 Å². The maximum absolute atomic E-state index is 2.68. The minimum atomic E-state index is -2.68. The van der Waals surface area contributed by atoms with Gasteiger partial charge in [-0.15, -0.1) is 0 Å². The van der Waals surface area contributed by atoms with Gasteiger partial charge in [-0.05, 0) is 0 Å². The minimum absolute atomic E-state index is 0. The number of halogens is 2. The van der Waals surface area contributed by atoms with Gasteiger partial charge >= 0.3 is 266 Å². The Bertz CT molecular complexity index is 1630. The van der Waals surface area contributed by atoms with Gasteiger partial charge in [0.1, 0.15) is 0 Å². The summed E-state index contributed by atoms with van der Waals surface area (Å²) in [7, 11) is 0. The van der Waals surface area contributed by atoms with Crippen LogP contribution in [0.4, 0.5) is 0 Å². The smallest absolute Gasteiger partial charge is 1.00 e. The third-order valence-electron chi connectivity index (χ3n) is 9.53. The van der Waals surface area contributed by atoms with E-state index in [1.807, 2.05) is 3.28 Å². The van der Waals surface area contributed by atoms with Gasteiger partial charge in [0.25, 0.3) is 0 Å². The molecular weight excluding hydrogens is 655 g/mol. The summed E-state index contributed by atoms with van der Waals surface area (Å²) in [4.78, 5) is 0. The Balaban J connectivity index is 0.00000264. The molecule has 0 fully saturated rings. The molecule has 0 N–H and O–H groups in total. The van der Waals surface area contributed by atoms with Crippen molar-refractivity contribution < 1.29 is 46.1 Å². The Labute approximate surface area is 288 Å². The van der Waals surface area contributed by atoms with Crippen LogP contribution in [0.2, 0.25) is 0 Å². The molecule has 0 bridgehead atoms. The first-order chi connectivity index (χ1) is 19.5. The van der Waals surface area contributed by atoms with Gasteiger partial charge in [0.15, 0.2) is 0 Å². The van der Waals surface area contributed by atoms with Crippen LogP contribution in [0.3, 0.4) is 0 Å². The van der Waals surface area contributed by atoms with Gasteiger partial charge in [-0.3, -0.25) is 0 Å². The van der Waals surface area contributed by atoms with Crippen molar-refractivity contribution >= 4 is 6.48 Å². The molecule has 0 heterocycles. The summed E-state index contributed by atoms with van der Waals surface area (Å²) in [6, 6.07) is 23.7. The zero-order valence-electron chi connectivity index (χ0n) is 29.1. The summed E-state index contributed by atoms with van der Waals surface area (Å²) in [5.74, 6) is 0.488. The molecular formula is C41H52Cl2Zr. The standard InChI is InChI=1S/C21H25.C12H19.C8H8.2ClH.Zr/c1-20(2,3)16-7-9-18-14(12-16)11-15-13-17(21(4,5)6)8-10-19(15)18;1-6-10-7-9(2)8-11(10)12(3,4)5;1-2-8-6-4-3-5-7-8;;;/h7-10,12H,11H2,1-6H3;8-9H,6H2,1-5H3;3-7H,1H3;2*1H;/q;;;;;+2/p-2. The van der Waals surface area contributed by atoms with E-state index < -0.39 is 21.3 Å². The molecule has 3 heteroatoms. The van der Waals surface area contributed by atoms with Gasteiger partial charge < -0.3 is 24.8 Å². The molecule has 0 amide bonds. The Morgan fingerprint density at radius 3 is 1.93 bits per heavy atom. The van der Waals surface area contributed by atoms with Crippen molar-refractivity contribution in [2.75, 3.05) is 0 Å². The second kappa shape index (κ2) is 13.3. The van der Waals surface area contributed by atoms with Gasteiger partial charge in [0.05, 0.1) is 0 Å². The first-order valence-electron chi connectivity index (χ1n) is 16.1. The number of fused-ring (bicyclic) bond motifs is 3. The van der Waals surface area contributed by atoms with Crippen molar-refractivity contribution in [3.8, 4) is 11.1 Å². The van der Waals surface area contributed by atoms with Crippen molar-refractivity contribution in [3.63, 3.8) is 0 Å². The fourth-order valence-corrected chi connectivity index (χ4v) is 16.9. The molecule has 0 spiro atoms. The van der Waals surface area contributed by atoms with Crippen LogP contribution in [0, 0.1) is 11.3 Å².